The maximum atomic E-state index is 12.2. The second kappa shape index (κ2) is 6.96. The third-order valence-corrected chi connectivity index (χ3v) is 3.96. The lowest BCUT2D eigenvalue weighted by Crippen LogP contribution is -2.43. The fourth-order valence-electron chi connectivity index (χ4n) is 2.08. The van der Waals surface area contributed by atoms with Gasteiger partial charge in [0.25, 0.3) is 0 Å². The molecule has 5 nitrogen and oxygen atoms in total. The first-order valence-corrected chi connectivity index (χ1v) is 7.42. The van der Waals surface area contributed by atoms with E-state index in [1.165, 1.54) is 11.8 Å². The van der Waals surface area contributed by atoms with E-state index in [1.54, 1.807) is 6.20 Å². The minimum atomic E-state index is -0.0396. The van der Waals surface area contributed by atoms with Gasteiger partial charge in [-0.3, -0.25) is 4.79 Å². The fourth-order valence-corrected chi connectivity index (χ4v) is 2.92. The van der Waals surface area contributed by atoms with E-state index in [0.717, 1.165) is 10.9 Å². The molecule has 1 amide bonds. The molecule has 0 saturated heterocycles. The summed E-state index contributed by atoms with van der Waals surface area (Å²) in [6.45, 7) is 8.04. The number of amides is 1. The van der Waals surface area contributed by atoms with Crippen LogP contribution in [0.5, 0.6) is 0 Å². The summed E-state index contributed by atoms with van der Waals surface area (Å²) in [5, 5.41) is 9.85. The van der Waals surface area contributed by atoms with Gasteiger partial charge in [0.15, 0.2) is 5.16 Å². The van der Waals surface area contributed by atoms with Gasteiger partial charge < -0.3 is 14.6 Å². The quantitative estimate of drug-likeness (QED) is 0.807. The molecule has 0 radical (unpaired) electrons. The van der Waals surface area contributed by atoms with E-state index in [0.29, 0.717) is 5.75 Å². The first kappa shape index (κ1) is 16.0. The number of aliphatic hydroxyl groups excluding tert-OH is 1. The highest BCUT2D eigenvalue weighted by molar-refractivity contribution is 7.99. The van der Waals surface area contributed by atoms with E-state index in [4.69, 9.17) is 5.11 Å². The molecule has 0 fully saturated rings. The molecule has 0 aliphatic heterocycles. The number of thioether (sulfide) groups is 1. The van der Waals surface area contributed by atoms with Crippen molar-refractivity contribution in [3.63, 3.8) is 0 Å². The predicted molar refractivity (Wildman–Crippen MR) is 77.0 cm³/mol. The summed E-state index contributed by atoms with van der Waals surface area (Å²) in [6.07, 6.45) is 1.63. The standard InChI is InChI=1S/C13H23N3O2S/c1-9(2)16(10(3)4)12(18)8-19-13-14-6-11(7-17)15(13)5/h6,9-10,17H,7-8H2,1-5H3. The van der Waals surface area contributed by atoms with Crippen molar-refractivity contribution in [2.45, 2.75) is 51.5 Å². The highest BCUT2D eigenvalue weighted by atomic mass is 32.2. The Morgan fingerprint density at radius 3 is 2.42 bits per heavy atom. The molecule has 1 heterocycles. The maximum Gasteiger partial charge on any atom is 0.233 e. The molecule has 0 saturated carbocycles. The summed E-state index contributed by atoms with van der Waals surface area (Å²) in [7, 11) is 1.84. The van der Waals surface area contributed by atoms with E-state index in [-0.39, 0.29) is 24.6 Å². The smallest absolute Gasteiger partial charge is 0.233 e. The number of aromatic nitrogens is 2. The molecular formula is C13H23N3O2S. The van der Waals surface area contributed by atoms with Crippen LogP contribution < -0.4 is 0 Å². The van der Waals surface area contributed by atoms with Gasteiger partial charge in [0.1, 0.15) is 0 Å². The average molecular weight is 285 g/mol. The van der Waals surface area contributed by atoms with Crippen molar-refractivity contribution in [2.75, 3.05) is 5.75 Å². The van der Waals surface area contributed by atoms with Crippen molar-refractivity contribution in [1.29, 1.82) is 0 Å². The van der Waals surface area contributed by atoms with Crippen LogP contribution in [-0.2, 0) is 18.4 Å². The molecule has 1 rings (SSSR count). The van der Waals surface area contributed by atoms with Crippen molar-refractivity contribution in [3.8, 4) is 0 Å². The number of rotatable bonds is 6. The molecule has 0 aliphatic carbocycles. The number of imidazole rings is 1. The summed E-state index contributed by atoms with van der Waals surface area (Å²) < 4.78 is 1.81. The van der Waals surface area contributed by atoms with Gasteiger partial charge in [-0.1, -0.05) is 11.8 Å². The number of hydrogen-bond acceptors (Lipinski definition) is 4. The molecule has 19 heavy (non-hydrogen) atoms. The van der Waals surface area contributed by atoms with Gasteiger partial charge >= 0.3 is 0 Å². The first-order chi connectivity index (χ1) is 8.88. The number of aliphatic hydroxyl groups is 1. The first-order valence-electron chi connectivity index (χ1n) is 6.43. The molecule has 0 spiro atoms. The highest BCUT2D eigenvalue weighted by Gasteiger charge is 2.20. The van der Waals surface area contributed by atoms with Crippen LogP contribution in [0.3, 0.4) is 0 Å². The Hall–Kier alpha value is -1.01. The minimum absolute atomic E-state index is 0.0396. The molecular weight excluding hydrogens is 262 g/mol. The summed E-state index contributed by atoms with van der Waals surface area (Å²) >= 11 is 1.40. The Morgan fingerprint density at radius 2 is 2.00 bits per heavy atom. The van der Waals surface area contributed by atoms with Gasteiger partial charge in [0.2, 0.25) is 5.91 Å². The third kappa shape index (κ3) is 3.98. The number of nitrogens with zero attached hydrogens (tertiary/aromatic N) is 3. The SMILES string of the molecule is CC(C)N(C(=O)CSc1ncc(CO)n1C)C(C)C. The van der Waals surface area contributed by atoms with Crippen LogP contribution in [0.25, 0.3) is 0 Å². The summed E-state index contributed by atoms with van der Waals surface area (Å²) in [5.41, 5.74) is 0.750. The molecule has 6 heteroatoms. The summed E-state index contributed by atoms with van der Waals surface area (Å²) in [6, 6.07) is 0.393. The Kier molecular flexibility index (Phi) is 5.87. The topological polar surface area (TPSA) is 58.4 Å². The maximum absolute atomic E-state index is 12.2. The van der Waals surface area contributed by atoms with E-state index < -0.39 is 0 Å². The molecule has 108 valence electrons. The van der Waals surface area contributed by atoms with Crippen molar-refractivity contribution >= 4 is 17.7 Å². The van der Waals surface area contributed by atoms with Crippen LogP contribution in [0, 0.1) is 0 Å². The van der Waals surface area contributed by atoms with Gasteiger partial charge in [0.05, 0.1) is 24.3 Å². The molecule has 0 aromatic carbocycles. The Labute approximate surface area is 119 Å². The summed E-state index contributed by atoms with van der Waals surface area (Å²) in [4.78, 5) is 18.3. The van der Waals surface area contributed by atoms with E-state index in [2.05, 4.69) is 4.98 Å². The number of hydrogen-bond donors (Lipinski definition) is 1. The Morgan fingerprint density at radius 1 is 1.42 bits per heavy atom. The van der Waals surface area contributed by atoms with Crippen LogP contribution in [0.4, 0.5) is 0 Å². The van der Waals surface area contributed by atoms with Crippen molar-refractivity contribution in [1.82, 2.24) is 14.5 Å². The summed E-state index contributed by atoms with van der Waals surface area (Å²) in [5.74, 6) is 0.482. The molecule has 0 atom stereocenters. The molecule has 1 aromatic rings. The lowest BCUT2D eigenvalue weighted by molar-refractivity contribution is -0.131. The lowest BCUT2D eigenvalue weighted by Gasteiger charge is -2.30. The predicted octanol–water partition coefficient (Wildman–Crippen LogP) is 1.65. The van der Waals surface area contributed by atoms with E-state index >= 15 is 0 Å². The van der Waals surface area contributed by atoms with Crippen LogP contribution in [0.1, 0.15) is 33.4 Å². The van der Waals surface area contributed by atoms with E-state index in [9.17, 15) is 4.79 Å². The molecule has 0 unspecified atom stereocenters. The molecule has 1 aromatic heterocycles. The Balaban J connectivity index is 2.65. The van der Waals surface area contributed by atoms with Gasteiger partial charge in [-0.05, 0) is 27.7 Å². The largest absolute Gasteiger partial charge is 0.390 e. The third-order valence-electron chi connectivity index (χ3n) is 2.93. The average Bonchev–Trinajstić information content (AvgIpc) is 2.66. The number of carbonyl (C=O) groups excluding carboxylic acids is 1. The van der Waals surface area contributed by atoms with Gasteiger partial charge in [0, 0.05) is 19.1 Å². The Bertz CT molecular complexity index is 422. The van der Waals surface area contributed by atoms with Gasteiger partial charge in [-0.25, -0.2) is 4.98 Å². The zero-order valence-corrected chi connectivity index (χ0v) is 13.1. The van der Waals surface area contributed by atoms with Crippen LogP contribution in [0.2, 0.25) is 0 Å². The van der Waals surface area contributed by atoms with Crippen LogP contribution in [-0.4, -0.2) is 43.3 Å². The number of carbonyl (C=O) groups is 1. The minimum Gasteiger partial charge on any atom is -0.390 e. The second-order valence-corrected chi connectivity index (χ2v) is 5.97. The second-order valence-electron chi connectivity index (χ2n) is 5.03. The highest BCUT2D eigenvalue weighted by Crippen LogP contribution is 2.19. The van der Waals surface area contributed by atoms with Crippen LogP contribution >= 0.6 is 11.8 Å². The zero-order chi connectivity index (χ0) is 14.6. The zero-order valence-electron chi connectivity index (χ0n) is 12.3. The van der Waals surface area contributed by atoms with Crippen molar-refractivity contribution in [3.05, 3.63) is 11.9 Å². The van der Waals surface area contributed by atoms with Gasteiger partial charge in [-0.2, -0.15) is 0 Å². The fraction of sp³-hybridized carbons (Fsp3) is 0.692. The van der Waals surface area contributed by atoms with Crippen molar-refractivity contribution < 1.29 is 9.90 Å². The molecule has 0 aliphatic rings. The van der Waals surface area contributed by atoms with Crippen molar-refractivity contribution in [2.24, 2.45) is 7.05 Å². The normalized spacial score (nSPS) is 11.4. The van der Waals surface area contributed by atoms with Gasteiger partial charge in [-0.15, -0.1) is 0 Å². The molecule has 1 N–H and O–H groups in total. The lowest BCUT2D eigenvalue weighted by atomic mass is 10.2. The monoisotopic (exact) mass is 285 g/mol. The van der Waals surface area contributed by atoms with Crippen LogP contribution in [0.15, 0.2) is 11.4 Å². The van der Waals surface area contributed by atoms with E-state index in [1.807, 2.05) is 44.2 Å². The molecule has 0 bridgehead atoms.